The second kappa shape index (κ2) is 5.69. The molecule has 1 saturated carbocycles. The van der Waals surface area contributed by atoms with Crippen molar-refractivity contribution in [1.29, 1.82) is 0 Å². The van der Waals surface area contributed by atoms with Crippen LogP contribution in [0.15, 0.2) is 0 Å². The van der Waals surface area contributed by atoms with Gasteiger partial charge in [-0.3, -0.25) is 0 Å². The number of rotatable bonds is 2. The van der Waals surface area contributed by atoms with E-state index in [1.54, 1.807) is 0 Å². The van der Waals surface area contributed by atoms with Gasteiger partial charge in [0.05, 0.1) is 5.69 Å². The van der Waals surface area contributed by atoms with Crippen molar-refractivity contribution in [3.05, 3.63) is 11.3 Å². The Labute approximate surface area is 132 Å². The summed E-state index contributed by atoms with van der Waals surface area (Å²) in [6, 6.07) is 0.567. The third kappa shape index (κ3) is 2.35. The average molecular weight is 301 g/mol. The van der Waals surface area contributed by atoms with Crippen molar-refractivity contribution in [2.24, 2.45) is 5.92 Å². The molecule has 2 aliphatic carbocycles. The Morgan fingerprint density at radius 2 is 2.00 bits per heavy atom. The van der Waals surface area contributed by atoms with Crippen molar-refractivity contribution < 1.29 is 0 Å². The van der Waals surface area contributed by atoms with Crippen LogP contribution < -0.4 is 16.0 Å². The number of nitrogens with one attached hydrogen (secondary N) is 1. The highest BCUT2D eigenvalue weighted by molar-refractivity contribution is 5.55. The fraction of sp³-hybridized carbons (Fsp3) is 0.765. The molecule has 0 bridgehead atoms. The normalized spacial score (nSPS) is 31.0. The zero-order chi connectivity index (χ0) is 15.1. The number of aromatic nitrogens is 2. The van der Waals surface area contributed by atoms with Gasteiger partial charge in [0.1, 0.15) is 5.82 Å². The van der Waals surface area contributed by atoms with E-state index in [0.717, 1.165) is 31.2 Å². The number of hydrogen-bond acceptors (Lipinski definition) is 5. The number of nitrogens with two attached hydrogens (primary N) is 1. The predicted octanol–water partition coefficient (Wildman–Crippen LogP) is 2.08. The fourth-order valence-electron chi connectivity index (χ4n) is 4.75. The largest absolute Gasteiger partial charge is 0.368 e. The summed E-state index contributed by atoms with van der Waals surface area (Å²) in [6.45, 7) is 2.11. The van der Waals surface area contributed by atoms with E-state index in [2.05, 4.69) is 15.2 Å². The van der Waals surface area contributed by atoms with E-state index >= 15 is 0 Å². The Hall–Kier alpha value is -1.36. The molecular formula is C17H27N5. The lowest BCUT2D eigenvalue weighted by atomic mass is 9.70. The molecule has 0 aromatic carbocycles. The molecule has 5 heteroatoms. The molecule has 3 N–H and O–H groups in total. The Morgan fingerprint density at radius 1 is 1.14 bits per heavy atom. The molecule has 0 spiro atoms. The van der Waals surface area contributed by atoms with Crippen LogP contribution >= 0.6 is 0 Å². The summed E-state index contributed by atoms with van der Waals surface area (Å²) in [5, 5.41) is 3.39. The number of hydrogen-bond donors (Lipinski definition) is 2. The molecule has 1 saturated heterocycles. The minimum absolute atomic E-state index is 0.466. The van der Waals surface area contributed by atoms with Gasteiger partial charge in [0.25, 0.3) is 0 Å². The van der Waals surface area contributed by atoms with Gasteiger partial charge in [-0.2, -0.15) is 4.98 Å². The van der Waals surface area contributed by atoms with Gasteiger partial charge in [-0.25, -0.2) is 4.98 Å². The van der Waals surface area contributed by atoms with E-state index in [0.29, 0.717) is 17.9 Å². The van der Waals surface area contributed by atoms with E-state index in [4.69, 9.17) is 10.7 Å². The molecule has 0 unspecified atom stereocenters. The van der Waals surface area contributed by atoms with Gasteiger partial charge >= 0.3 is 0 Å². The Morgan fingerprint density at radius 3 is 2.82 bits per heavy atom. The van der Waals surface area contributed by atoms with Crippen LogP contribution in [0, 0.1) is 5.92 Å². The standard InChI is InChI=1S/C17H27N5/c1-19-12-8-9-22(10-12)16-14-7-6-11-4-2-3-5-13(11)15(14)20-17(18)21-16/h11-13,19H,2-10H2,1H3,(H2,18,20,21)/t11-,12-,13-/m1/s1. The van der Waals surface area contributed by atoms with Gasteiger partial charge in [0, 0.05) is 30.6 Å². The van der Waals surface area contributed by atoms with Crippen molar-refractivity contribution in [2.75, 3.05) is 30.8 Å². The molecular weight excluding hydrogens is 274 g/mol. The molecule has 4 rings (SSSR count). The number of likely N-dealkylation sites (N-methyl/N-ethyl adjacent to an activating group) is 1. The maximum atomic E-state index is 6.07. The van der Waals surface area contributed by atoms with Crippen LogP contribution in [0.1, 0.15) is 55.7 Å². The van der Waals surface area contributed by atoms with Gasteiger partial charge in [0.2, 0.25) is 5.95 Å². The fourth-order valence-corrected chi connectivity index (χ4v) is 4.75. The third-order valence-corrected chi connectivity index (χ3v) is 5.96. The highest BCUT2D eigenvalue weighted by Crippen LogP contribution is 2.46. The number of fused-ring (bicyclic) bond motifs is 3. The van der Waals surface area contributed by atoms with E-state index < -0.39 is 0 Å². The number of nitrogen functional groups attached to an aromatic ring is 1. The maximum absolute atomic E-state index is 6.07. The summed E-state index contributed by atoms with van der Waals surface area (Å²) in [6.07, 6.45) is 9.00. The monoisotopic (exact) mass is 301 g/mol. The molecule has 0 amide bonds. The molecule has 1 aliphatic heterocycles. The van der Waals surface area contributed by atoms with Crippen LogP contribution in [-0.4, -0.2) is 36.1 Å². The first-order chi connectivity index (χ1) is 10.8. The summed E-state index contributed by atoms with van der Waals surface area (Å²) < 4.78 is 0. The maximum Gasteiger partial charge on any atom is 0.222 e. The van der Waals surface area contributed by atoms with Crippen LogP contribution in [0.2, 0.25) is 0 Å². The van der Waals surface area contributed by atoms with Crippen LogP contribution in [0.25, 0.3) is 0 Å². The van der Waals surface area contributed by atoms with E-state index in [1.165, 1.54) is 49.8 Å². The van der Waals surface area contributed by atoms with Gasteiger partial charge in [-0.05, 0) is 45.1 Å². The van der Waals surface area contributed by atoms with Gasteiger partial charge in [0.15, 0.2) is 0 Å². The van der Waals surface area contributed by atoms with Crippen molar-refractivity contribution in [3.63, 3.8) is 0 Å². The van der Waals surface area contributed by atoms with Gasteiger partial charge in [-0.1, -0.05) is 12.8 Å². The van der Waals surface area contributed by atoms with E-state index in [1.807, 2.05) is 7.05 Å². The van der Waals surface area contributed by atoms with Crippen molar-refractivity contribution >= 4 is 11.8 Å². The molecule has 2 fully saturated rings. The van der Waals surface area contributed by atoms with Gasteiger partial charge < -0.3 is 16.0 Å². The van der Waals surface area contributed by atoms with Crippen LogP contribution in [0.5, 0.6) is 0 Å². The molecule has 2 heterocycles. The molecule has 0 radical (unpaired) electrons. The molecule has 3 aliphatic rings. The average Bonchev–Trinajstić information content (AvgIpc) is 3.03. The van der Waals surface area contributed by atoms with Crippen LogP contribution in [0.4, 0.5) is 11.8 Å². The Kier molecular flexibility index (Phi) is 3.68. The van der Waals surface area contributed by atoms with Crippen molar-refractivity contribution in [2.45, 2.75) is 56.9 Å². The van der Waals surface area contributed by atoms with Crippen LogP contribution in [-0.2, 0) is 6.42 Å². The molecule has 1 aromatic rings. The second-order valence-electron chi connectivity index (χ2n) is 7.18. The smallest absolute Gasteiger partial charge is 0.222 e. The highest BCUT2D eigenvalue weighted by Gasteiger charge is 2.36. The first-order valence-corrected chi connectivity index (χ1v) is 8.84. The topological polar surface area (TPSA) is 67.1 Å². The first kappa shape index (κ1) is 14.2. The number of anilines is 2. The molecule has 22 heavy (non-hydrogen) atoms. The Balaban J connectivity index is 1.70. The summed E-state index contributed by atoms with van der Waals surface area (Å²) in [5.74, 6) is 3.05. The van der Waals surface area contributed by atoms with Crippen molar-refractivity contribution in [3.8, 4) is 0 Å². The molecule has 120 valence electrons. The summed E-state index contributed by atoms with van der Waals surface area (Å²) in [5.41, 5.74) is 8.76. The molecule has 3 atom stereocenters. The SMILES string of the molecule is CN[C@@H]1CCN(c2nc(N)nc3c2CC[C@H]2CCCC[C@@H]32)C1. The minimum Gasteiger partial charge on any atom is -0.368 e. The molecule has 1 aromatic heterocycles. The highest BCUT2D eigenvalue weighted by atomic mass is 15.3. The lowest BCUT2D eigenvalue weighted by molar-refractivity contribution is 0.270. The van der Waals surface area contributed by atoms with Gasteiger partial charge in [-0.15, -0.1) is 0 Å². The van der Waals surface area contributed by atoms with E-state index in [-0.39, 0.29) is 0 Å². The number of nitrogens with zero attached hydrogens (tertiary/aromatic N) is 3. The zero-order valence-corrected chi connectivity index (χ0v) is 13.5. The predicted molar refractivity (Wildman–Crippen MR) is 89.1 cm³/mol. The van der Waals surface area contributed by atoms with E-state index in [9.17, 15) is 0 Å². The lowest BCUT2D eigenvalue weighted by Crippen LogP contribution is -2.32. The second-order valence-corrected chi connectivity index (χ2v) is 7.18. The lowest BCUT2D eigenvalue weighted by Gasteiger charge is -2.37. The summed E-state index contributed by atoms with van der Waals surface area (Å²) >= 11 is 0. The minimum atomic E-state index is 0.466. The summed E-state index contributed by atoms with van der Waals surface area (Å²) in [4.78, 5) is 11.8. The summed E-state index contributed by atoms with van der Waals surface area (Å²) in [7, 11) is 2.05. The quantitative estimate of drug-likeness (QED) is 0.875. The van der Waals surface area contributed by atoms with Crippen molar-refractivity contribution in [1.82, 2.24) is 15.3 Å². The zero-order valence-electron chi connectivity index (χ0n) is 13.5. The third-order valence-electron chi connectivity index (χ3n) is 5.96. The Bertz CT molecular complexity index is 558. The first-order valence-electron chi connectivity index (χ1n) is 8.84. The van der Waals surface area contributed by atoms with Crippen LogP contribution in [0.3, 0.4) is 0 Å². The molecule has 5 nitrogen and oxygen atoms in total.